The summed E-state index contributed by atoms with van der Waals surface area (Å²) < 4.78 is 0. The van der Waals surface area contributed by atoms with Crippen molar-refractivity contribution >= 4 is 11.6 Å². The van der Waals surface area contributed by atoms with E-state index in [1.54, 1.807) is 0 Å². The van der Waals surface area contributed by atoms with E-state index in [0.29, 0.717) is 0 Å². The van der Waals surface area contributed by atoms with E-state index in [1.807, 2.05) is 24.3 Å². The van der Waals surface area contributed by atoms with E-state index in [4.69, 9.17) is 0 Å². The summed E-state index contributed by atoms with van der Waals surface area (Å²) in [7, 11) is 0. The van der Waals surface area contributed by atoms with Gasteiger partial charge in [0.15, 0.2) is 0 Å². The number of benzene rings is 3. The molecule has 0 amide bonds. The zero-order chi connectivity index (χ0) is 13.6. The topological polar surface area (TPSA) is 0 Å². The lowest BCUT2D eigenvalue weighted by molar-refractivity contribution is 1.55. The number of hydrogen-bond acceptors (Lipinski definition) is 0. The van der Waals surface area contributed by atoms with Crippen LogP contribution in [0.25, 0.3) is 11.6 Å². The second-order valence-electron chi connectivity index (χ2n) is 4.62. The van der Waals surface area contributed by atoms with E-state index >= 15 is 0 Å². The van der Waals surface area contributed by atoms with Crippen LogP contribution in [0.1, 0.15) is 16.7 Å². The molecule has 0 saturated heterocycles. The fourth-order valence-electron chi connectivity index (χ4n) is 2.23. The maximum atomic E-state index is 3.06. The minimum absolute atomic E-state index is 1.19. The van der Waals surface area contributed by atoms with Gasteiger partial charge in [-0.15, -0.1) is 0 Å². The van der Waals surface area contributed by atoms with E-state index < -0.39 is 0 Å². The van der Waals surface area contributed by atoms with Crippen LogP contribution in [0.4, 0.5) is 0 Å². The van der Waals surface area contributed by atoms with Crippen molar-refractivity contribution in [3.05, 3.63) is 108 Å². The molecule has 0 bridgehead atoms. The van der Waals surface area contributed by atoms with Crippen LogP contribution in [-0.4, -0.2) is 0 Å². The van der Waals surface area contributed by atoms with Gasteiger partial charge < -0.3 is 0 Å². The molecule has 3 rings (SSSR count). The first-order valence-electron chi connectivity index (χ1n) is 6.72. The van der Waals surface area contributed by atoms with Gasteiger partial charge in [-0.3, -0.25) is 0 Å². The molecule has 0 spiro atoms. The van der Waals surface area contributed by atoms with Crippen molar-refractivity contribution in [2.24, 2.45) is 0 Å². The molecule has 0 aromatic heterocycles. The molecule has 20 heavy (non-hydrogen) atoms. The van der Waals surface area contributed by atoms with Crippen molar-refractivity contribution in [2.75, 3.05) is 0 Å². The average molecular weight is 255 g/mol. The lowest BCUT2D eigenvalue weighted by Gasteiger charge is -2.08. The first-order chi connectivity index (χ1) is 9.93. The summed E-state index contributed by atoms with van der Waals surface area (Å²) >= 11 is 0. The SMILES string of the molecule is [c]1ccc(C=C(c2ccccc2)c2ccccc2)cc1. The zero-order valence-corrected chi connectivity index (χ0v) is 11.2. The normalized spacial score (nSPS) is 10.0. The van der Waals surface area contributed by atoms with Crippen molar-refractivity contribution in [3.8, 4) is 0 Å². The van der Waals surface area contributed by atoms with E-state index in [-0.39, 0.29) is 0 Å². The van der Waals surface area contributed by atoms with Gasteiger partial charge in [-0.25, -0.2) is 0 Å². The first-order valence-corrected chi connectivity index (χ1v) is 6.72. The third kappa shape index (κ3) is 2.86. The van der Waals surface area contributed by atoms with E-state index in [1.165, 1.54) is 22.3 Å². The Kier molecular flexibility index (Phi) is 3.75. The summed E-state index contributed by atoms with van der Waals surface area (Å²) in [6.07, 6.45) is 2.22. The maximum Gasteiger partial charge on any atom is -0.0105 e. The Morgan fingerprint density at radius 3 is 1.65 bits per heavy atom. The predicted molar refractivity (Wildman–Crippen MR) is 85.1 cm³/mol. The molecule has 0 saturated carbocycles. The smallest absolute Gasteiger partial charge is 0.0105 e. The Labute approximate surface area is 120 Å². The molecule has 0 unspecified atom stereocenters. The molecule has 0 fully saturated rings. The molecule has 0 heterocycles. The summed E-state index contributed by atoms with van der Waals surface area (Å²) in [6, 6.07) is 32.1. The van der Waals surface area contributed by atoms with Gasteiger partial charge >= 0.3 is 0 Å². The predicted octanol–water partition coefficient (Wildman–Crippen LogP) is 5.08. The molecule has 0 heteroatoms. The molecular formula is C20H15. The van der Waals surface area contributed by atoms with Crippen LogP contribution in [0.5, 0.6) is 0 Å². The highest BCUT2D eigenvalue weighted by atomic mass is 14.1. The summed E-state index contributed by atoms with van der Waals surface area (Å²) in [5.41, 5.74) is 4.88. The minimum atomic E-state index is 1.19. The molecule has 0 nitrogen and oxygen atoms in total. The molecule has 3 aromatic rings. The summed E-state index contributed by atoms with van der Waals surface area (Å²) in [5, 5.41) is 0. The lowest BCUT2D eigenvalue weighted by Crippen LogP contribution is -1.87. The molecule has 0 aliphatic rings. The quantitative estimate of drug-likeness (QED) is 0.573. The molecule has 0 atom stereocenters. The van der Waals surface area contributed by atoms with Crippen molar-refractivity contribution in [2.45, 2.75) is 0 Å². The molecule has 95 valence electrons. The molecule has 0 aliphatic heterocycles. The van der Waals surface area contributed by atoms with Gasteiger partial charge in [-0.05, 0) is 34.4 Å². The van der Waals surface area contributed by atoms with Crippen LogP contribution in [0.3, 0.4) is 0 Å². The summed E-state index contributed by atoms with van der Waals surface area (Å²) in [4.78, 5) is 0. The van der Waals surface area contributed by atoms with Gasteiger partial charge in [0.05, 0.1) is 0 Å². The zero-order valence-electron chi connectivity index (χ0n) is 11.2. The Morgan fingerprint density at radius 2 is 1.15 bits per heavy atom. The molecule has 3 aromatic carbocycles. The fourth-order valence-corrected chi connectivity index (χ4v) is 2.23. The second kappa shape index (κ2) is 6.03. The summed E-state index contributed by atoms with van der Waals surface area (Å²) in [6.45, 7) is 0. The fraction of sp³-hybridized carbons (Fsp3) is 0. The molecule has 1 radical (unpaired) electrons. The highest BCUT2D eigenvalue weighted by Crippen LogP contribution is 2.25. The van der Waals surface area contributed by atoms with Crippen LogP contribution in [0, 0.1) is 6.07 Å². The van der Waals surface area contributed by atoms with E-state index in [0.717, 1.165) is 0 Å². The van der Waals surface area contributed by atoms with Crippen LogP contribution in [0.15, 0.2) is 84.9 Å². The molecular weight excluding hydrogens is 240 g/mol. The number of hydrogen-bond donors (Lipinski definition) is 0. The van der Waals surface area contributed by atoms with Crippen LogP contribution >= 0.6 is 0 Å². The second-order valence-corrected chi connectivity index (χ2v) is 4.62. The van der Waals surface area contributed by atoms with E-state index in [9.17, 15) is 0 Å². The van der Waals surface area contributed by atoms with E-state index in [2.05, 4.69) is 72.8 Å². The van der Waals surface area contributed by atoms with Gasteiger partial charge in [0.25, 0.3) is 0 Å². The Morgan fingerprint density at radius 1 is 0.650 bits per heavy atom. The van der Waals surface area contributed by atoms with Crippen LogP contribution < -0.4 is 0 Å². The van der Waals surface area contributed by atoms with Crippen molar-refractivity contribution in [1.82, 2.24) is 0 Å². The van der Waals surface area contributed by atoms with Gasteiger partial charge in [0.1, 0.15) is 0 Å². The van der Waals surface area contributed by atoms with Gasteiger partial charge in [-0.2, -0.15) is 0 Å². The van der Waals surface area contributed by atoms with Crippen LogP contribution in [-0.2, 0) is 0 Å². The maximum absolute atomic E-state index is 3.06. The highest BCUT2D eigenvalue weighted by molar-refractivity contribution is 5.91. The summed E-state index contributed by atoms with van der Waals surface area (Å²) in [5.74, 6) is 0. The Bertz CT molecular complexity index is 638. The molecule has 0 aliphatic carbocycles. The Balaban J connectivity index is 2.12. The number of rotatable bonds is 3. The van der Waals surface area contributed by atoms with Crippen molar-refractivity contribution in [1.29, 1.82) is 0 Å². The van der Waals surface area contributed by atoms with Crippen molar-refractivity contribution < 1.29 is 0 Å². The van der Waals surface area contributed by atoms with Gasteiger partial charge in [0.2, 0.25) is 0 Å². The molecule has 0 N–H and O–H groups in total. The lowest BCUT2D eigenvalue weighted by atomic mass is 9.96. The third-order valence-corrected chi connectivity index (χ3v) is 3.22. The highest BCUT2D eigenvalue weighted by Gasteiger charge is 2.04. The van der Waals surface area contributed by atoms with Crippen molar-refractivity contribution in [3.63, 3.8) is 0 Å². The average Bonchev–Trinajstić information content (AvgIpc) is 2.55. The first kappa shape index (κ1) is 12.4. The Hall–Kier alpha value is -2.60. The largest absolute Gasteiger partial charge is 0.0622 e. The van der Waals surface area contributed by atoms with Gasteiger partial charge in [0, 0.05) is 0 Å². The van der Waals surface area contributed by atoms with Gasteiger partial charge in [-0.1, -0.05) is 84.9 Å². The monoisotopic (exact) mass is 255 g/mol. The third-order valence-electron chi connectivity index (χ3n) is 3.22. The standard InChI is InChI=1S/C20H15/c1-4-10-17(11-5-1)16-20(18-12-6-2-7-13-18)19-14-8-3-9-15-19/h2-16H. The van der Waals surface area contributed by atoms with Crippen LogP contribution in [0.2, 0.25) is 0 Å². The minimum Gasteiger partial charge on any atom is -0.0622 e.